The smallest absolute Gasteiger partial charge is 0.230 e. The lowest BCUT2D eigenvalue weighted by molar-refractivity contribution is -0.138. The number of carbonyl (C=O) groups excluding carboxylic acids is 3. The van der Waals surface area contributed by atoms with E-state index in [2.05, 4.69) is 4.98 Å². The molecule has 1 aliphatic rings. The van der Waals surface area contributed by atoms with Crippen LogP contribution in [0.3, 0.4) is 0 Å². The molecule has 3 aromatic rings. The number of hydrogen-bond acceptors (Lipinski definition) is 5. The van der Waals surface area contributed by atoms with Crippen LogP contribution in [0.4, 0.5) is 9.52 Å². The summed E-state index contributed by atoms with van der Waals surface area (Å²) in [7, 11) is 0. The van der Waals surface area contributed by atoms with Crippen molar-refractivity contribution in [3.05, 3.63) is 71.4 Å². The van der Waals surface area contributed by atoms with E-state index in [0.717, 1.165) is 16.0 Å². The predicted molar refractivity (Wildman–Crippen MR) is 116 cm³/mol. The van der Waals surface area contributed by atoms with Crippen molar-refractivity contribution in [3.8, 4) is 11.3 Å². The molecule has 1 aromatic heterocycles. The maximum absolute atomic E-state index is 13.2. The molecule has 0 atom stereocenters. The number of aromatic nitrogens is 1. The minimum absolute atomic E-state index is 0.0236. The fourth-order valence-corrected chi connectivity index (χ4v) is 4.24. The zero-order chi connectivity index (χ0) is 21.8. The number of nitrogens with zero attached hydrogens (tertiary/aromatic N) is 3. The number of imide groups is 1. The molecule has 4 rings (SSSR count). The van der Waals surface area contributed by atoms with E-state index < -0.39 is 0 Å². The van der Waals surface area contributed by atoms with Crippen LogP contribution >= 0.6 is 11.3 Å². The Labute approximate surface area is 182 Å². The van der Waals surface area contributed by atoms with E-state index >= 15 is 0 Å². The van der Waals surface area contributed by atoms with Gasteiger partial charge in [-0.2, -0.15) is 0 Å². The number of halogens is 1. The molecule has 1 aliphatic heterocycles. The molecule has 0 radical (unpaired) electrons. The molecule has 0 saturated carbocycles. The highest BCUT2D eigenvalue weighted by Gasteiger charge is 2.30. The molecule has 0 bridgehead atoms. The molecule has 2 heterocycles. The Hall–Kier alpha value is -3.39. The molecule has 1 saturated heterocycles. The van der Waals surface area contributed by atoms with Gasteiger partial charge in [-0.3, -0.25) is 24.2 Å². The van der Waals surface area contributed by atoms with E-state index in [1.807, 2.05) is 35.7 Å². The first kappa shape index (κ1) is 20.9. The zero-order valence-corrected chi connectivity index (χ0v) is 17.5. The Bertz CT molecular complexity index is 1080. The number of hydrogen-bond donors (Lipinski definition) is 0. The highest BCUT2D eigenvalue weighted by atomic mass is 32.1. The molecule has 0 spiro atoms. The number of rotatable bonds is 7. The highest BCUT2D eigenvalue weighted by molar-refractivity contribution is 7.14. The summed E-state index contributed by atoms with van der Waals surface area (Å²) in [5.74, 6) is -1.03. The minimum atomic E-state index is -0.328. The first-order valence-electron chi connectivity index (χ1n) is 9.90. The molecule has 0 unspecified atom stereocenters. The van der Waals surface area contributed by atoms with Gasteiger partial charge in [0, 0.05) is 36.8 Å². The van der Waals surface area contributed by atoms with E-state index in [9.17, 15) is 18.8 Å². The molecule has 6 nitrogen and oxygen atoms in total. The molecular weight excluding hydrogens is 417 g/mol. The third-order valence-electron chi connectivity index (χ3n) is 5.05. The third kappa shape index (κ3) is 4.86. The van der Waals surface area contributed by atoms with Crippen molar-refractivity contribution in [3.63, 3.8) is 0 Å². The summed E-state index contributed by atoms with van der Waals surface area (Å²) in [6.45, 7) is 0.385. The van der Waals surface area contributed by atoms with Crippen LogP contribution < -0.4 is 4.90 Å². The van der Waals surface area contributed by atoms with E-state index in [4.69, 9.17) is 0 Å². The maximum Gasteiger partial charge on any atom is 0.230 e. The summed E-state index contributed by atoms with van der Waals surface area (Å²) in [6, 6.07) is 15.5. The second kappa shape index (κ2) is 9.18. The van der Waals surface area contributed by atoms with Crippen LogP contribution in [0.1, 0.15) is 24.8 Å². The highest BCUT2D eigenvalue weighted by Crippen LogP contribution is 2.29. The largest absolute Gasteiger partial charge is 0.284 e. The van der Waals surface area contributed by atoms with Gasteiger partial charge in [-0.05, 0) is 29.8 Å². The molecule has 1 fully saturated rings. The van der Waals surface area contributed by atoms with Gasteiger partial charge in [0.15, 0.2) is 5.13 Å². The van der Waals surface area contributed by atoms with Gasteiger partial charge in [-0.25, -0.2) is 9.37 Å². The van der Waals surface area contributed by atoms with Crippen molar-refractivity contribution in [1.29, 1.82) is 0 Å². The van der Waals surface area contributed by atoms with Crippen LogP contribution in [0.25, 0.3) is 11.3 Å². The topological polar surface area (TPSA) is 70.6 Å². The minimum Gasteiger partial charge on any atom is -0.284 e. The Morgan fingerprint density at radius 2 is 1.71 bits per heavy atom. The van der Waals surface area contributed by atoms with Crippen LogP contribution in [0.15, 0.2) is 60.0 Å². The summed E-state index contributed by atoms with van der Waals surface area (Å²) in [4.78, 5) is 44.1. The van der Waals surface area contributed by atoms with Gasteiger partial charge in [0.1, 0.15) is 5.82 Å². The molecule has 3 amide bonds. The average molecular weight is 437 g/mol. The molecule has 31 heavy (non-hydrogen) atoms. The fraction of sp³-hybridized carbons (Fsp3) is 0.217. The van der Waals surface area contributed by atoms with Gasteiger partial charge >= 0.3 is 0 Å². The summed E-state index contributed by atoms with van der Waals surface area (Å²) < 4.78 is 13.2. The van der Waals surface area contributed by atoms with Crippen LogP contribution in [-0.4, -0.2) is 34.2 Å². The maximum atomic E-state index is 13.2. The van der Waals surface area contributed by atoms with Crippen molar-refractivity contribution >= 4 is 34.2 Å². The van der Waals surface area contributed by atoms with Gasteiger partial charge in [-0.15, -0.1) is 11.3 Å². The lowest BCUT2D eigenvalue weighted by atomic mass is 10.2. The molecule has 2 aromatic carbocycles. The Balaban J connectivity index is 1.55. The van der Waals surface area contributed by atoms with E-state index in [0.29, 0.717) is 17.4 Å². The second-order valence-corrected chi connectivity index (χ2v) is 8.01. The van der Waals surface area contributed by atoms with Gasteiger partial charge in [0.2, 0.25) is 17.7 Å². The van der Waals surface area contributed by atoms with Gasteiger partial charge < -0.3 is 0 Å². The first-order chi connectivity index (χ1) is 15.0. The second-order valence-electron chi connectivity index (χ2n) is 7.18. The molecule has 0 aliphatic carbocycles. The summed E-state index contributed by atoms with van der Waals surface area (Å²) in [6.07, 6.45) is 0.429. The van der Waals surface area contributed by atoms with Crippen LogP contribution in [0.2, 0.25) is 0 Å². The van der Waals surface area contributed by atoms with Crippen LogP contribution in [-0.2, 0) is 20.9 Å². The van der Waals surface area contributed by atoms with Crippen LogP contribution in [0, 0.1) is 5.82 Å². The fourth-order valence-electron chi connectivity index (χ4n) is 3.38. The first-order valence-corrected chi connectivity index (χ1v) is 10.8. The third-order valence-corrected chi connectivity index (χ3v) is 5.92. The van der Waals surface area contributed by atoms with Gasteiger partial charge in [-0.1, -0.05) is 30.3 Å². The van der Waals surface area contributed by atoms with E-state index in [-0.39, 0.29) is 49.3 Å². The Morgan fingerprint density at radius 1 is 1.03 bits per heavy atom. The van der Waals surface area contributed by atoms with Crippen molar-refractivity contribution in [2.24, 2.45) is 0 Å². The summed E-state index contributed by atoms with van der Waals surface area (Å²) in [5.41, 5.74) is 2.34. The number of benzene rings is 2. The van der Waals surface area contributed by atoms with E-state index in [1.165, 1.54) is 23.5 Å². The quantitative estimate of drug-likeness (QED) is 0.524. The summed E-state index contributed by atoms with van der Waals surface area (Å²) in [5, 5.41) is 2.33. The molecule has 0 N–H and O–H groups in total. The van der Waals surface area contributed by atoms with E-state index in [1.54, 1.807) is 17.0 Å². The number of anilines is 1. The monoisotopic (exact) mass is 437 g/mol. The lowest BCUT2D eigenvalue weighted by Crippen LogP contribution is -2.36. The molecular formula is C23H20FN3O3S. The van der Waals surface area contributed by atoms with Crippen molar-refractivity contribution in [1.82, 2.24) is 9.88 Å². The lowest BCUT2D eigenvalue weighted by Gasteiger charge is -2.21. The molecule has 8 heteroatoms. The number of carbonyl (C=O) groups is 3. The van der Waals surface area contributed by atoms with Crippen molar-refractivity contribution < 1.29 is 18.8 Å². The van der Waals surface area contributed by atoms with Gasteiger partial charge in [0.05, 0.1) is 12.2 Å². The van der Waals surface area contributed by atoms with Gasteiger partial charge in [0.25, 0.3) is 0 Å². The average Bonchev–Trinajstić information content (AvgIpc) is 3.38. The zero-order valence-electron chi connectivity index (χ0n) is 16.7. The predicted octanol–water partition coefficient (Wildman–Crippen LogP) is 4.02. The SMILES string of the molecule is O=C1CCC(=O)N1CCC(=O)N(Cc1ccccc1)c1nc(-c2ccc(F)cc2)cs1. The summed E-state index contributed by atoms with van der Waals surface area (Å²) >= 11 is 1.32. The normalized spacial score (nSPS) is 13.6. The molecule has 158 valence electrons. The number of amides is 3. The van der Waals surface area contributed by atoms with Crippen LogP contribution in [0.5, 0.6) is 0 Å². The van der Waals surface area contributed by atoms with Crippen molar-refractivity contribution in [2.75, 3.05) is 11.4 Å². The number of thiazole rings is 1. The standard InChI is InChI=1S/C23H20FN3O3S/c24-18-8-6-17(7-9-18)19-15-31-23(25-19)27(14-16-4-2-1-3-5-16)22(30)12-13-26-20(28)10-11-21(26)29/h1-9,15H,10-14H2. The Kier molecular flexibility index (Phi) is 6.18. The van der Waals surface area contributed by atoms with Crippen molar-refractivity contribution in [2.45, 2.75) is 25.8 Å². The number of likely N-dealkylation sites (tertiary alicyclic amines) is 1. The Morgan fingerprint density at radius 3 is 2.39 bits per heavy atom.